The number of hydrogen-bond acceptors (Lipinski definition) is 4. The minimum absolute atomic E-state index is 0.514. The summed E-state index contributed by atoms with van der Waals surface area (Å²) in [6.07, 6.45) is 8.29. The van der Waals surface area contributed by atoms with Gasteiger partial charge in [0.05, 0.1) is 18.2 Å². The van der Waals surface area contributed by atoms with Crippen LogP contribution in [0.4, 0.5) is 0 Å². The summed E-state index contributed by atoms with van der Waals surface area (Å²) in [5, 5.41) is 0. The van der Waals surface area contributed by atoms with Gasteiger partial charge in [0.15, 0.2) is 0 Å². The van der Waals surface area contributed by atoms with E-state index in [0.717, 1.165) is 0 Å². The molecule has 2 aliphatic heterocycles. The van der Waals surface area contributed by atoms with Crippen LogP contribution in [0.2, 0.25) is 0 Å². The second kappa shape index (κ2) is 2.84. The first-order valence-electron chi connectivity index (χ1n) is 5.33. The molecule has 1 aliphatic carbocycles. The van der Waals surface area contributed by atoms with Crippen LogP contribution in [0.15, 0.2) is 54.0 Å². The topological polar surface area (TPSA) is 36.9 Å². The van der Waals surface area contributed by atoms with Crippen molar-refractivity contribution in [1.82, 2.24) is 0 Å². The molecule has 5 heteroatoms. The van der Waals surface area contributed by atoms with Crippen LogP contribution in [-0.2, 0) is 9.31 Å². The molecule has 1 spiro atoms. The van der Waals surface area contributed by atoms with Gasteiger partial charge in [0.1, 0.15) is 17.6 Å². The van der Waals surface area contributed by atoms with Gasteiger partial charge in [0, 0.05) is 0 Å². The first kappa shape index (κ1) is 8.73. The van der Waals surface area contributed by atoms with E-state index in [1.54, 1.807) is 12.2 Å². The SMILES string of the molecule is [C+]1=C2O[B-]3(OC2=CC=C1)Oc1ccccc1O3. The quantitative estimate of drug-likeness (QED) is 0.501. The Hall–Kier alpha value is -2.39. The zero-order chi connectivity index (χ0) is 11.3. The molecule has 2 heterocycles. The van der Waals surface area contributed by atoms with E-state index < -0.39 is 6.96 Å². The summed E-state index contributed by atoms with van der Waals surface area (Å²) in [6.45, 7) is -2.24. The molecule has 0 amide bonds. The van der Waals surface area contributed by atoms with E-state index in [1.165, 1.54) is 0 Å². The van der Waals surface area contributed by atoms with Crippen molar-refractivity contribution in [1.29, 1.82) is 0 Å². The third-order valence-electron chi connectivity index (χ3n) is 2.71. The fourth-order valence-electron chi connectivity index (χ4n) is 1.99. The lowest BCUT2D eigenvalue weighted by Gasteiger charge is -2.24. The van der Waals surface area contributed by atoms with Crippen LogP contribution in [-0.4, -0.2) is 6.96 Å². The molecule has 0 radical (unpaired) electrons. The molecule has 0 atom stereocenters. The maximum atomic E-state index is 5.61. The number of para-hydroxylation sites is 2. The van der Waals surface area contributed by atoms with Gasteiger partial charge in [-0.25, -0.2) is 0 Å². The van der Waals surface area contributed by atoms with Crippen LogP contribution in [0.1, 0.15) is 0 Å². The fourth-order valence-corrected chi connectivity index (χ4v) is 1.99. The average molecular weight is 226 g/mol. The van der Waals surface area contributed by atoms with Crippen molar-refractivity contribution in [3.05, 3.63) is 60.1 Å². The molecule has 0 N–H and O–H groups in total. The normalized spacial score (nSPS) is 20.9. The van der Waals surface area contributed by atoms with Crippen LogP contribution in [0.5, 0.6) is 11.5 Å². The van der Waals surface area contributed by atoms with Crippen molar-refractivity contribution in [3.8, 4) is 11.5 Å². The van der Waals surface area contributed by atoms with Crippen molar-refractivity contribution in [2.45, 2.75) is 0 Å². The Balaban J connectivity index is 1.72. The molecule has 1 fully saturated rings. The second-order valence-corrected chi connectivity index (χ2v) is 3.86. The maximum Gasteiger partial charge on any atom is 0.792 e. The third-order valence-corrected chi connectivity index (χ3v) is 2.71. The Morgan fingerprint density at radius 1 is 0.941 bits per heavy atom. The Kier molecular flexibility index (Phi) is 1.46. The molecule has 17 heavy (non-hydrogen) atoms. The first-order chi connectivity index (χ1) is 8.35. The minimum Gasteiger partial charge on any atom is -0.608 e. The maximum absolute atomic E-state index is 5.61. The summed E-state index contributed by atoms with van der Waals surface area (Å²) in [4.78, 5) is 0. The van der Waals surface area contributed by atoms with Gasteiger partial charge in [-0.2, -0.15) is 0 Å². The van der Waals surface area contributed by atoms with E-state index in [-0.39, 0.29) is 0 Å². The van der Waals surface area contributed by atoms with Gasteiger partial charge in [-0.1, -0.05) is 12.1 Å². The van der Waals surface area contributed by atoms with Crippen LogP contribution < -0.4 is 9.31 Å². The molecule has 1 aromatic rings. The molecule has 0 saturated carbocycles. The molecule has 4 nitrogen and oxygen atoms in total. The lowest BCUT2D eigenvalue weighted by Crippen LogP contribution is -2.46. The zero-order valence-electron chi connectivity index (χ0n) is 8.75. The molecule has 0 aromatic heterocycles. The Bertz CT molecular complexity index is 537. The van der Waals surface area contributed by atoms with Crippen LogP contribution >= 0.6 is 0 Å². The molecule has 1 aromatic carbocycles. The van der Waals surface area contributed by atoms with E-state index in [0.29, 0.717) is 23.0 Å². The highest BCUT2D eigenvalue weighted by atomic mass is 16.9. The third kappa shape index (κ3) is 1.17. The number of rotatable bonds is 0. The molecular weight excluding hydrogens is 219 g/mol. The van der Waals surface area contributed by atoms with Gasteiger partial charge in [-0.15, -0.1) is 0 Å². The summed E-state index contributed by atoms with van der Waals surface area (Å²) in [7, 11) is 0. The number of fused-ring (bicyclic) bond motifs is 2. The van der Waals surface area contributed by atoms with Crippen LogP contribution in [0.25, 0.3) is 0 Å². The predicted molar refractivity (Wildman–Crippen MR) is 59.6 cm³/mol. The van der Waals surface area contributed by atoms with E-state index >= 15 is 0 Å². The number of hydrogen-bond donors (Lipinski definition) is 0. The Morgan fingerprint density at radius 2 is 1.71 bits per heavy atom. The van der Waals surface area contributed by atoms with Gasteiger partial charge >= 0.3 is 6.96 Å². The van der Waals surface area contributed by atoms with Crippen molar-refractivity contribution >= 4 is 6.96 Å². The van der Waals surface area contributed by atoms with Gasteiger partial charge in [-0.3, -0.25) is 0 Å². The molecular formula is C12H7BO4. The molecule has 3 aliphatic rings. The monoisotopic (exact) mass is 226 g/mol. The highest BCUT2D eigenvalue weighted by Gasteiger charge is 2.56. The van der Waals surface area contributed by atoms with Crippen LogP contribution in [0, 0.1) is 6.08 Å². The highest BCUT2D eigenvalue weighted by Crippen LogP contribution is 2.43. The van der Waals surface area contributed by atoms with E-state index in [4.69, 9.17) is 18.6 Å². The van der Waals surface area contributed by atoms with Gasteiger partial charge < -0.3 is 18.6 Å². The van der Waals surface area contributed by atoms with Crippen molar-refractivity contribution in [2.75, 3.05) is 0 Å². The smallest absolute Gasteiger partial charge is 0.608 e. The van der Waals surface area contributed by atoms with Crippen molar-refractivity contribution in [2.24, 2.45) is 0 Å². The van der Waals surface area contributed by atoms with E-state index in [1.807, 2.05) is 30.3 Å². The summed E-state index contributed by atoms with van der Waals surface area (Å²) < 4.78 is 22.4. The summed E-state index contributed by atoms with van der Waals surface area (Å²) in [5.41, 5.74) is 0. The highest BCUT2D eigenvalue weighted by molar-refractivity contribution is 6.58. The Morgan fingerprint density at radius 3 is 2.41 bits per heavy atom. The van der Waals surface area contributed by atoms with E-state index in [2.05, 4.69) is 6.08 Å². The lowest BCUT2D eigenvalue weighted by molar-refractivity contribution is 0.178. The lowest BCUT2D eigenvalue weighted by atomic mass is 10.1. The number of allylic oxidation sites excluding steroid dienone is 4. The van der Waals surface area contributed by atoms with E-state index in [9.17, 15) is 0 Å². The fraction of sp³-hybridized carbons (Fsp3) is 0. The van der Waals surface area contributed by atoms with Gasteiger partial charge in [-0.05, 0) is 12.1 Å². The van der Waals surface area contributed by atoms with Crippen molar-refractivity contribution < 1.29 is 18.6 Å². The summed E-state index contributed by atoms with van der Waals surface area (Å²) in [5.74, 6) is 2.35. The predicted octanol–water partition coefficient (Wildman–Crippen LogP) is 2.08. The molecule has 82 valence electrons. The van der Waals surface area contributed by atoms with Crippen LogP contribution in [0.3, 0.4) is 0 Å². The van der Waals surface area contributed by atoms with Gasteiger partial charge in [0.2, 0.25) is 5.76 Å². The minimum atomic E-state index is -2.24. The largest absolute Gasteiger partial charge is 0.792 e. The second-order valence-electron chi connectivity index (χ2n) is 3.86. The molecule has 0 bridgehead atoms. The molecule has 4 rings (SSSR count). The first-order valence-corrected chi connectivity index (χ1v) is 5.33. The van der Waals surface area contributed by atoms with Crippen molar-refractivity contribution in [3.63, 3.8) is 0 Å². The van der Waals surface area contributed by atoms with Gasteiger partial charge in [0.25, 0.3) is 5.76 Å². The molecule has 0 unspecified atom stereocenters. The standard InChI is InChI=1S/C12H7BO4/c1-2-6-10-9(5-1)14-13(15-10)16-11-7-3-4-8-12(11)17-13/h1-7H. The number of benzene rings is 1. The summed E-state index contributed by atoms with van der Waals surface area (Å²) in [6, 6.07) is 7.35. The molecule has 1 saturated heterocycles. The average Bonchev–Trinajstić information content (AvgIpc) is 2.87. The summed E-state index contributed by atoms with van der Waals surface area (Å²) >= 11 is 0. The zero-order valence-corrected chi connectivity index (χ0v) is 8.75. The Labute approximate surface area is 97.8 Å².